The Hall–Kier alpha value is -3.65. The molecule has 0 radical (unpaired) electrons. The predicted octanol–water partition coefficient (Wildman–Crippen LogP) is 3.08. The predicted molar refractivity (Wildman–Crippen MR) is 118 cm³/mol. The Morgan fingerprint density at radius 3 is 2.57 bits per heavy atom. The standard InChI is InChI=1S/C22H24N6O2/c1-15-25-19-20(17-9-5-6-10-18(17)26-21(19)23)27(15)11-13-30-14-12-28(22(24)29)16-7-3-2-4-8-16/h2-10H,11-14H2,1H3,(H2,23,26)(H2,24,29). The van der Waals surface area contributed by atoms with Crippen molar-refractivity contribution in [2.45, 2.75) is 13.5 Å². The number of nitrogens with zero attached hydrogens (tertiary/aromatic N) is 4. The number of ether oxygens (including phenoxy) is 1. The smallest absolute Gasteiger partial charge is 0.319 e. The summed E-state index contributed by atoms with van der Waals surface area (Å²) in [5, 5.41) is 1.01. The number of anilines is 2. The van der Waals surface area contributed by atoms with Gasteiger partial charge in [0.25, 0.3) is 0 Å². The molecule has 0 unspecified atom stereocenters. The number of hydrogen-bond acceptors (Lipinski definition) is 5. The van der Waals surface area contributed by atoms with Crippen molar-refractivity contribution < 1.29 is 9.53 Å². The zero-order valence-corrected chi connectivity index (χ0v) is 16.8. The Balaban J connectivity index is 1.46. The average Bonchev–Trinajstić information content (AvgIpc) is 3.08. The van der Waals surface area contributed by atoms with Gasteiger partial charge in [-0.05, 0) is 25.1 Å². The quantitative estimate of drug-likeness (QED) is 0.460. The SMILES string of the molecule is Cc1nc2c(N)nc3ccccc3c2n1CCOCCN(C(N)=O)c1ccccc1. The summed E-state index contributed by atoms with van der Waals surface area (Å²) in [6.07, 6.45) is 0. The minimum Gasteiger partial charge on any atom is -0.382 e. The van der Waals surface area contributed by atoms with E-state index in [-0.39, 0.29) is 0 Å². The van der Waals surface area contributed by atoms with E-state index in [1.807, 2.05) is 61.5 Å². The molecule has 8 heteroatoms. The first-order chi connectivity index (χ1) is 14.6. The Morgan fingerprint density at radius 1 is 1.07 bits per heavy atom. The number of carbonyl (C=O) groups is 1. The van der Waals surface area contributed by atoms with E-state index < -0.39 is 6.03 Å². The van der Waals surface area contributed by atoms with Crippen LogP contribution in [0.25, 0.3) is 21.9 Å². The number of amides is 2. The fourth-order valence-corrected chi connectivity index (χ4v) is 3.63. The van der Waals surface area contributed by atoms with E-state index in [1.165, 1.54) is 4.90 Å². The molecule has 0 aliphatic rings. The van der Waals surface area contributed by atoms with E-state index >= 15 is 0 Å². The van der Waals surface area contributed by atoms with Gasteiger partial charge < -0.3 is 20.8 Å². The molecule has 4 rings (SSSR count). The molecule has 4 N–H and O–H groups in total. The summed E-state index contributed by atoms with van der Waals surface area (Å²) in [5.74, 6) is 1.27. The van der Waals surface area contributed by atoms with Gasteiger partial charge in [0.1, 0.15) is 11.3 Å². The average molecular weight is 404 g/mol. The van der Waals surface area contributed by atoms with Crippen molar-refractivity contribution in [3.8, 4) is 0 Å². The van der Waals surface area contributed by atoms with Crippen LogP contribution in [-0.2, 0) is 11.3 Å². The molecule has 0 aliphatic heterocycles. The number of pyridine rings is 1. The lowest BCUT2D eigenvalue weighted by Gasteiger charge is -2.20. The summed E-state index contributed by atoms with van der Waals surface area (Å²) in [6, 6.07) is 16.7. The molecule has 0 aliphatic carbocycles. The number of imidazole rings is 1. The first-order valence-electron chi connectivity index (χ1n) is 9.77. The van der Waals surface area contributed by atoms with Crippen LogP contribution in [0.5, 0.6) is 0 Å². The van der Waals surface area contributed by atoms with Crippen molar-refractivity contribution in [3.05, 3.63) is 60.4 Å². The highest BCUT2D eigenvalue weighted by atomic mass is 16.5. The van der Waals surface area contributed by atoms with Crippen LogP contribution >= 0.6 is 0 Å². The molecular formula is C22H24N6O2. The van der Waals surface area contributed by atoms with Crippen LogP contribution in [-0.4, -0.2) is 40.3 Å². The van der Waals surface area contributed by atoms with Crippen molar-refractivity contribution in [1.82, 2.24) is 14.5 Å². The van der Waals surface area contributed by atoms with Crippen LogP contribution in [0.3, 0.4) is 0 Å². The van der Waals surface area contributed by atoms with Crippen LogP contribution in [0, 0.1) is 6.92 Å². The highest BCUT2D eigenvalue weighted by molar-refractivity contribution is 6.06. The number of para-hydroxylation sites is 2. The second-order valence-electron chi connectivity index (χ2n) is 6.96. The molecule has 154 valence electrons. The Labute approximate surface area is 174 Å². The molecule has 0 atom stereocenters. The maximum absolute atomic E-state index is 11.8. The molecule has 30 heavy (non-hydrogen) atoms. The zero-order chi connectivity index (χ0) is 21.1. The first kappa shape index (κ1) is 19.7. The Morgan fingerprint density at radius 2 is 1.80 bits per heavy atom. The number of hydrogen-bond donors (Lipinski definition) is 2. The number of aromatic nitrogens is 3. The van der Waals surface area contributed by atoms with Gasteiger partial charge >= 0.3 is 6.03 Å². The van der Waals surface area contributed by atoms with Gasteiger partial charge in [0.05, 0.1) is 30.8 Å². The molecular weight excluding hydrogens is 380 g/mol. The molecule has 2 amide bonds. The number of nitrogens with two attached hydrogens (primary N) is 2. The second kappa shape index (κ2) is 8.38. The third-order valence-corrected chi connectivity index (χ3v) is 5.05. The minimum absolute atomic E-state index is 0.369. The summed E-state index contributed by atoms with van der Waals surface area (Å²) in [6.45, 7) is 3.76. The highest BCUT2D eigenvalue weighted by Crippen LogP contribution is 2.28. The number of fused-ring (bicyclic) bond motifs is 3. The van der Waals surface area contributed by atoms with Crippen LogP contribution < -0.4 is 16.4 Å². The topological polar surface area (TPSA) is 112 Å². The highest BCUT2D eigenvalue weighted by Gasteiger charge is 2.15. The fraction of sp³-hybridized carbons (Fsp3) is 0.227. The molecule has 8 nitrogen and oxygen atoms in total. The summed E-state index contributed by atoms with van der Waals surface area (Å²) < 4.78 is 7.91. The van der Waals surface area contributed by atoms with Crippen LogP contribution in [0.4, 0.5) is 16.3 Å². The maximum atomic E-state index is 11.8. The van der Waals surface area contributed by atoms with Gasteiger partial charge in [-0.1, -0.05) is 36.4 Å². The fourth-order valence-electron chi connectivity index (χ4n) is 3.63. The van der Waals surface area contributed by atoms with E-state index in [9.17, 15) is 4.79 Å². The summed E-state index contributed by atoms with van der Waals surface area (Å²) in [5.41, 5.74) is 14.9. The number of primary amides is 1. The van der Waals surface area contributed by atoms with Gasteiger partial charge in [-0.25, -0.2) is 14.8 Å². The third kappa shape index (κ3) is 3.77. The number of aryl methyl sites for hydroxylation is 1. The van der Waals surface area contributed by atoms with E-state index in [2.05, 4.69) is 14.5 Å². The van der Waals surface area contributed by atoms with Gasteiger partial charge in [-0.2, -0.15) is 0 Å². The maximum Gasteiger partial charge on any atom is 0.319 e. The van der Waals surface area contributed by atoms with Crippen LogP contribution in [0.2, 0.25) is 0 Å². The van der Waals surface area contributed by atoms with Crippen molar-refractivity contribution in [1.29, 1.82) is 0 Å². The van der Waals surface area contributed by atoms with Crippen LogP contribution in [0.15, 0.2) is 54.6 Å². The van der Waals surface area contributed by atoms with Gasteiger partial charge in [0.2, 0.25) is 0 Å². The molecule has 2 aromatic carbocycles. The molecule has 4 aromatic rings. The number of rotatable bonds is 7. The summed E-state index contributed by atoms with van der Waals surface area (Å²) >= 11 is 0. The Kier molecular flexibility index (Phi) is 5.49. The molecule has 2 heterocycles. The van der Waals surface area contributed by atoms with Gasteiger partial charge in [-0.3, -0.25) is 4.90 Å². The number of urea groups is 1. The largest absolute Gasteiger partial charge is 0.382 e. The van der Waals surface area contributed by atoms with E-state index in [0.717, 1.165) is 27.9 Å². The van der Waals surface area contributed by atoms with Crippen molar-refractivity contribution in [2.75, 3.05) is 30.4 Å². The Bertz CT molecular complexity index is 1190. The third-order valence-electron chi connectivity index (χ3n) is 5.05. The lowest BCUT2D eigenvalue weighted by molar-refractivity contribution is 0.132. The van der Waals surface area contributed by atoms with Crippen molar-refractivity contribution >= 4 is 39.5 Å². The summed E-state index contributed by atoms with van der Waals surface area (Å²) in [4.78, 5) is 22.3. The van der Waals surface area contributed by atoms with Crippen LogP contribution in [0.1, 0.15) is 5.82 Å². The molecule has 0 fully saturated rings. The summed E-state index contributed by atoms with van der Waals surface area (Å²) in [7, 11) is 0. The molecule has 0 saturated heterocycles. The van der Waals surface area contributed by atoms with Gasteiger partial charge in [-0.15, -0.1) is 0 Å². The number of benzene rings is 2. The van der Waals surface area contributed by atoms with Gasteiger partial charge in [0, 0.05) is 17.6 Å². The molecule has 0 saturated carbocycles. The van der Waals surface area contributed by atoms with Gasteiger partial charge in [0.15, 0.2) is 5.82 Å². The molecule has 2 aromatic heterocycles. The van der Waals surface area contributed by atoms with E-state index in [0.29, 0.717) is 37.6 Å². The van der Waals surface area contributed by atoms with E-state index in [4.69, 9.17) is 16.2 Å². The lowest BCUT2D eigenvalue weighted by atomic mass is 10.2. The molecule has 0 bridgehead atoms. The number of carbonyl (C=O) groups excluding carboxylic acids is 1. The number of nitrogen functional groups attached to an aromatic ring is 1. The lowest BCUT2D eigenvalue weighted by Crippen LogP contribution is -2.38. The minimum atomic E-state index is -0.504. The normalized spacial score (nSPS) is 11.2. The monoisotopic (exact) mass is 404 g/mol. The van der Waals surface area contributed by atoms with E-state index in [1.54, 1.807) is 0 Å². The van der Waals surface area contributed by atoms with Crippen molar-refractivity contribution in [2.24, 2.45) is 5.73 Å². The first-order valence-corrected chi connectivity index (χ1v) is 9.77. The molecule has 0 spiro atoms. The zero-order valence-electron chi connectivity index (χ0n) is 16.8. The second-order valence-corrected chi connectivity index (χ2v) is 6.96. The van der Waals surface area contributed by atoms with Crippen molar-refractivity contribution in [3.63, 3.8) is 0 Å².